The van der Waals surface area contributed by atoms with E-state index in [2.05, 4.69) is 52.1 Å². The molecule has 0 radical (unpaired) electrons. The van der Waals surface area contributed by atoms with Gasteiger partial charge in [-0.25, -0.2) is 9.50 Å². The van der Waals surface area contributed by atoms with Crippen LogP contribution in [0.3, 0.4) is 0 Å². The lowest BCUT2D eigenvalue weighted by Gasteiger charge is -2.44. The van der Waals surface area contributed by atoms with Gasteiger partial charge in [0, 0.05) is 49.5 Å². The molecular formula is C31H38N6O3. The maximum absolute atomic E-state index is 5.97. The van der Waals surface area contributed by atoms with E-state index >= 15 is 0 Å². The molecule has 3 atom stereocenters. The minimum absolute atomic E-state index is 0.281. The highest BCUT2D eigenvalue weighted by Gasteiger charge is 2.31. The van der Waals surface area contributed by atoms with Crippen molar-refractivity contribution in [3.63, 3.8) is 0 Å². The van der Waals surface area contributed by atoms with Crippen LogP contribution in [0, 0.1) is 0 Å². The van der Waals surface area contributed by atoms with E-state index < -0.39 is 0 Å². The molecule has 0 bridgehead atoms. The van der Waals surface area contributed by atoms with Crippen LogP contribution < -0.4 is 19.7 Å². The van der Waals surface area contributed by atoms with E-state index in [9.17, 15) is 0 Å². The second kappa shape index (κ2) is 11.3. The van der Waals surface area contributed by atoms with Crippen LogP contribution in [-0.2, 0) is 4.74 Å². The van der Waals surface area contributed by atoms with Crippen LogP contribution in [0.15, 0.2) is 60.8 Å². The van der Waals surface area contributed by atoms with E-state index in [1.807, 2.05) is 47.1 Å². The van der Waals surface area contributed by atoms with Gasteiger partial charge in [0.05, 0.1) is 49.5 Å². The Hall–Kier alpha value is -3.82. The number of benzene rings is 2. The smallest absolute Gasteiger partial charge is 0.245 e. The summed E-state index contributed by atoms with van der Waals surface area (Å²) in [6, 6.07) is 18.8. The number of fused-ring (bicyclic) bond motifs is 1. The molecule has 0 spiro atoms. The molecule has 0 amide bonds. The van der Waals surface area contributed by atoms with E-state index in [0.29, 0.717) is 12.0 Å². The van der Waals surface area contributed by atoms with Gasteiger partial charge >= 0.3 is 0 Å². The van der Waals surface area contributed by atoms with Gasteiger partial charge in [-0.05, 0) is 63.1 Å². The van der Waals surface area contributed by atoms with Crippen molar-refractivity contribution in [2.75, 3.05) is 50.6 Å². The van der Waals surface area contributed by atoms with Crippen LogP contribution in [0.1, 0.15) is 26.7 Å². The average Bonchev–Trinajstić information content (AvgIpc) is 3.40. The van der Waals surface area contributed by atoms with Crippen molar-refractivity contribution in [2.24, 2.45) is 0 Å². The molecule has 9 heteroatoms. The molecule has 2 saturated heterocycles. The number of para-hydroxylation sites is 1. The normalized spacial score (nSPS) is 21.9. The Labute approximate surface area is 235 Å². The van der Waals surface area contributed by atoms with Crippen LogP contribution in [0.5, 0.6) is 11.5 Å². The molecule has 1 N–H and O–H groups in total. The summed E-state index contributed by atoms with van der Waals surface area (Å²) in [7, 11) is 3.38. The number of nitrogens with zero attached hydrogens (tertiary/aromatic N) is 5. The highest BCUT2D eigenvalue weighted by molar-refractivity contribution is 5.73. The predicted octanol–water partition coefficient (Wildman–Crippen LogP) is 5.24. The molecule has 9 nitrogen and oxygen atoms in total. The summed E-state index contributed by atoms with van der Waals surface area (Å²) in [4.78, 5) is 9.65. The molecule has 40 heavy (non-hydrogen) atoms. The summed E-state index contributed by atoms with van der Waals surface area (Å²) in [5.74, 6) is 2.04. The number of nitrogens with one attached hydrogen (secondary N) is 1. The van der Waals surface area contributed by atoms with Crippen LogP contribution in [0.25, 0.3) is 16.8 Å². The lowest BCUT2D eigenvalue weighted by molar-refractivity contribution is -0.0814. The van der Waals surface area contributed by atoms with Gasteiger partial charge in [-0.3, -0.25) is 4.90 Å². The van der Waals surface area contributed by atoms with Crippen molar-refractivity contribution in [3.05, 3.63) is 60.8 Å². The zero-order valence-corrected chi connectivity index (χ0v) is 23.7. The first kappa shape index (κ1) is 26.4. The van der Waals surface area contributed by atoms with Gasteiger partial charge in [-0.2, -0.15) is 0 Å². The average molecular weight is 543 g/mol. The van der Waals surface area contributed by atoms with E-state index in [1.54, 1.807) is 14.2 Å². The molecule has 2 aromatic heterocycles. The third kappa shape index (κ3) is 5.31. The van der Waals surface area contributed by atoms with Crippen molar-refractivity contribution in [3.8, 4) is 22.8 Å². The molecule has 6 rings (SSSR count). The Kier molecular flexibility index (Phi) is 7.49. The minimum Gasteiger partial charge on any atom is -0.496 e. The van der Waals surface area contributed by atoms with Gasteiger partial charge in [-0.1, -0.05) is 12.1 Å². The van der Waals surface area contributed by atoms with Crippen LogP contribution in [0.2, 0.25) is 0 Å². The SMILES string of the molecule is COc1cc(N2CCCC(N3CC(C)OC(C)C3)C2)ccc1Nc1ncc2ccc(-c3ccccc3OC)n2n1. The maximum Gasteiger partial charge on any atom is 0.245 e. The molecule has 2 fully saturated rings. The fraction of sp³-hybridized carbons (Fsp3) is 0.419. The molecule has 210 valence electrons. The van der Waals surface area contributed by atoms with Gasteiger partial charge in [0.15, 0.2) is 0 Å². The first-order valence-corrected chi connectivity index (χ1v) is 14.1. The van der Waals surface area contributed by atoms with Gasteiger partial charge in [0.25, 0.3) is 0 Å². The van der Waals surface area contributed by atoms with E-state index in [4.69, 9.17) is 19.3 Å². The molecule has 0 aliphatic carbocycles. The number of methoxy groups -OCH3 is 2. The summed E-state index contributed by atoms with van der Waals surface area (Å²) in [5, 5.41) is 8.17. The number of aromatic nitrogens is 3. The molecular weight excluding hydrogens is 504 g/mol. The van der Waals surface area contributed by atoms with E-state index in [1.165, 1.54) is 18.5 Å². The molecule has 2 aliphatic heterocycles. The van der Waals surface area contributed by atoms with Crippen molar-refractivity contribution in [1.82, 2.24) is 19.5 Å². The highest BCUT2D eigenvalue weighted by Crippen LogP contribution is 2.34. The van der Waals surface area contributed by atoms with E-state index in [0.717, 1.165) is 60.1 Å². The van der Waals surface area contributed by atoms with Crippen LogP contribution >= 0.6 is 0 Å². The Bertz CT molecular complexity index is 1460. The van der Waals surface area contributed by atoms with Crippen LogP contribution in [-0.4, -0.2) is 78.1 Å². The topological polar surface area (TPSA) is 76.4 Å². The fourth-order valence-corrected chi connectivity index (χ4v) is 6.12. The van der Waals surface area contributed by atoms with Gasteiger partial charge in [0.1, 0.15) is 11.5 Å². The zero-order valence-electron chi connectivity index (χ0n) is 23.7. The highest BCUT2D eigenvalue weighted by atomic mass is 16.5. The third-order valence-corrected chi connectivity index (χ3v) is 7.94. The summed E-state index contributed by atoms with van der Waals surface area (Å²) in [6.45, 7) is 8.41. The first-order valence-electron chi connectivity index (χ1n) is 14.1. The zero-order chi connectivity index (χ0) is 27.6. The number of morpholine rings is 1. The van der Waals surface area contributed by atoms with Gasteiger partial charge < -0.3 is 24.4 Å². The maximum atomic E-state index is 5.97. The minimum atomic E-state index is 0.281. The predicted molar refractivity (Wildman–Crippen MR) is 158 cm³/mol. The number of anilines is 3. The first-order chi connectivity index (χ1) is 19.5. The Morgan fingerprint density at radius 3 is 2.52 bits per heavy atom. The van der Waals surface area contributed by atoms with Gasteiger partial charge in [0.2, 0.25) is 5.95 Å². The molecule has 3 unspecified atom stereocenters. The van der Waals surface area contributed by atoms with Crippen molar-refractivity contribution >= 4 is 22.8 Å². The monoisotopic (exact) mass is 542 g/mol. The van der Waals surface area contributed by atoms with Crippen LogP contribution in [0.4, 0.5) is 17.3 Å². The molecule has 0 saturated carbocycles. The van der Waals surface area contributed by atoms with Crippen molar-refractivity contribution < 1.29 is 14.2 Å². The Balaban J connectivity index is 1.22. The number of hydrogen-bond acceptors (Lipinski definition) is 8. The quantitative estimate of drug-likeness (QED) is 0.340. The lowest BCUT2D eigenvalue weighted by atomic mass is 10.0. The number of rotatable bonds is 7. The largest absolute Gasteiger partial charge is 0.496 e. The summed E-state index contributed by atoms with van der Waals surface area (Å²) >= 11 is 0. The number of hydrogen-bond donors (Lipinski definition) is 1. The molecule has 2 aromatic carbocycles. The fourth-order valence-electron chi connectivity index (χ4n) is 6.12. The molecule has 2 aliphatic rings. The van der Waals surface area contributed by atoms with Crippen molar-refractivity contribution in [2.45, 2.75) is 44.9 Å². The van der Waals surface area contributed by atoms with Crippen molar-refractivity contribution in [1.29, 1.82) is 0 Å². The standard InChI is InChI=1S/C31H38N6O3/c1-21-18-36(19-22(2)40-21)25-8-7-15-35(20-25)23-11-13-27(30(16-23)39-4)33-31-32-17-24-12-14-28(37(24)34-31)26-9-5-6-10-29(26)38-3/h5-6,9-14,16-17,21-22,25H,7-8,15,18-20H2,1-4H3,(H,33,34). The number of ether oxygens (including phenoxy) is 3. The summed E-state index contributed by atoms with van der Waals surface area (Å²) in [6.07, 6.45) is 4.78. The third-order valence-electron chi connectivity index (χ3n) is 7.94. The van der Waals surface area contributed by atoms with Gasteiger partial charge in [-0.15, -0.1) is 5.10 Å². The molecule has 4 aromatic rings. The summed E-state index contributed by atoms with van der Waals surface area (Å²) < 4.78 is 19.3. The Morgan fingerprint density at radius 1 is 0.925 bits per heavy atom. The Morgan fingerprint density at radius 2 is 1.73 bits per heavy atom. The molecule has 4 heterocycles. The second-order valence-corrected chi connectivity index (χ2v) is 10.8. The number of piperidine rings is 1. The van der Waals surface area contributed by atoms with E-state index in [-0.39, 0.29) is 12.2 Å². The lowest BCUT2D eigenvalue weighted by Crippen LogP contribution is -2.55. The second-order valence-electron chi connectivity index (χ2n) is 10.8. The summed E-state index contributed by atoms with van der Waals surface area (Å²) in [5.41, 5.74) is 4.79.